The number of fused-ring (bicyclic) bond motifs is 1. The van der Waals surface area contributed by atoms with Crippen molar-refractivity contribution in [1.82, 2.24) is 9.97 Å². The predicted octanol–water partition coefficient (Wildman–Crippen LogP) is 3.27. The molecule has 3 rings (SSSR count). The van der Waals surface area contributed by atoms with Gasteiger partial charge in [-0.25, -0.2) is 9.97 Å². The lowest BCUT2D eigenvalue weighted by Gasteiger charge is -2.07. The Bertz CT molecular complexity index is 808. The molecule has 0 spiro atoms. The summed E-state index contributed by atoms with van der Waals surface area (Å²) in [4.78, 5) is 8.75. The molecule has 21 heavy (non-hydrogen) atoms. The number of hydrogen-bond donors (Lipinski definition) is 0. The smallest absolute Gasteiger partial charge is 0.166 e. The van der Waals surface area contributed by atoms with Crippen LogP contribution in [-0.4, -0.2) is 9.97 Å². The van der Waals surface area contributed by atoms with Gasteiger partial charge in [-0.2, -0.15) is 5.26 Å². The number of para-hydroxylation sites is 1. The van der Waals surface area contributed by atoms with E-state index in [-0.39, 0.29) is 0 Å². The zero-order valence-electron chi connectivity index (χ0n) is 11.4. The highest BCUT2D eigenvalue weighted by molar-refractivity contribution is 5.77. The summed E-state index contributed by atoms with van der Waals surface area (Å²) in [6, 6.07) is 17.5. The van der Waals surface area contributed by atoms with Gasteiger partial charge < -0.3 is 4.74 Å². The fourth-order valence-electron chi connectivity index (χ4n) is 2.06. The Morgan fingerprint density at radius 1 is 1.10 bits per heavy atom. The van der Waals surface area contributed by atoms with Gasteiger partial charge in [0.1, 0.15) is 12.4 Å². The van der Waals surface area contributed by atoms with Crippen molar-refractivity contribution in [3.05, 3.63) is 66.1 Å². The molecule has 1 aromatic heterocycles. The summed E-state index contributed by atoms with van der Waals surface area (Å²) in [6.45, 7) is 0.306. The number of hydrogen-bond acceptors (Lipinski definition) is 4. The van der Waals surface area contributed by atoms with Crippen molar-refractivity contribution in [2.75, 3.05) is 0 Å². The van der Waals surface area contributed by atoms with Gasteiger partial charge in [-0.05, 0) is 23.8 Å². The maximum atomic E-state index is 8.71. The monoisotopic (exact) mass is 275 g/mol. The predicted molar refractivity (Wildman–Crippen MR) is 79.6 cm³/mol. The average Bonchev–Trinajstić information content (AvgIpc) is 2.53. The Kier molecular flexibility index (Phi) is 3.74. The molecule has 2 aromatic carbocycles. The van der Waals surface area contributed by atoms with Crippen molar-refractivity contribution in [2.45, 2.75) is 13.0 Å². The normalized spacial score (nSPS) is 10.2. The Morgan fingerprint density at radius 3 is 2.90 bits per heavy atom. The van der Waals surface area contributed by atoms with E-state index in [9.17, 15) is 0 Å². The molecule has 0 unspecified atom stereocenters. The van der Waals surface area contributed by atoms with E-state index in [1.807, 2.05) is 48.5 Å². The third kappa shape index (κ3) is 3.15. The van der Waals surface area contributed by atoms with E-state index in [2.05, 4.69) is 16.0 Å². The van der Waals surface area contributed by atoms with E-state index in [1.165, 1.54) is 0 Å². The van der Waals surface area contributed by atoms with Crippen molar-refractivity contribution in [3.63, 3.8) is 0 Å². The van der Waals surface area contributed by atoms with Crippen LogP contribution in [0.5, 0.6) is 5.75 Å². The van der Waals surface area contributed by atoms with E-state index in [1.54, 1.807) is 6.20 Å². The molecule has 0 aliphatic rings. The van der Waals surface area contributed by atoms with Crippen LogP contribution in [0.25, 0.3) is 10.9 Å². The van der Waals surface area contributed by atoms with Crippen LogP contribution in [0.4, 0.5) is 0 Å². The van der Waals surface area contributed by atoms with Crippen molar-refractivity contribution in [3.8, 4) is 11.8 Å². The van der Waals surface area contributed by atoms with Crippen LogP contribution in [0.1, 0.15) is 11.4 Å². The fraction of sp³-hybridized carbons (Fsp3) is 0.118. The summed E-state index contributed by atoms with van der Waals surface area (Å²) in [5.41, 5.74) is 1.85. The summed E-state index contributed by atoms with van der Waals surface area (Å²) < 4.78 is 5.69. The van der Waals surface area contributed by atoms with Crippen LogP contribution >= 0.6 is 0 Å². The molecular weight excluding hydrogens is 262 g/mol. The second-order valence-corrected chi connectivity index (χ2v) is 4.62. The summed E-state index contributed by atoms with van der Waals surface area (Å²) >= 11 is 0. The van der Waals surface area contributed by atoms with Crippen molar-refractivity contribution in [2.24, 2.45) is 0 Å². The van der Waals surface area contributed by atoms with Gasteiger partial charge in [0.2, 0.25) is 0 Å². The molecule has 0 amide bonds. The maximum Gasteiger partial charge on any atom is 0.166 e. The quantitative estimate of drug-likeness (QED) is 0.733. The first kappa shape index (κ1) is 13.1. The Morgan fingerprint density at radius 2 is 2.00 bits per heavy atom. The van der Waals surface area contributed by atoms with Gasteiger partial charge in [-0.3, -0.25) is 0 Å². The van der Waals surface area contributed by atoms with Crippen LogP contribution in [0, 0.1) is 11.3 Å². The first-order valence-corrected chi connectivity index (χ1v) is 6.64. The van der Waals surface area contributed by atoms with Crippen molar-refractivity contribution < 1.29 is 4.74 Å². The Labute approximate surface area is 122 Å². The lowest BCUT2D eigenvalue weighted by Crippen LogP contribution is -2.01. The lowest BCUT2D eigenvalue weighted by molar-refractivity contribution is 0.296. The molecule has 0 aliphatic heterocycles. The minimum Gasteiger partial charge on any atom is -0.486 e. The minimum atomic E-state index is 0.306. The van der Waals surface area contributed by atoms with Crippen LogP contribution in [-0.2, 0) is 13.0 Å². The van der Waals surface area contributed by atoms with E-state index in [0.717, 1.165) is 22.2 Å². The molecule has 0 radical (unpaired) electrons. The fourth-order valence-corrected chi connectivity index (χ4v) is 2.06. The van der Waals surface area contributed by atoms with Gasteiger partial charge in [0.15, 0.2) is 5.82 Å². The third-order valence-corrected chi connectivity index (χ3v) is 3.09. The summed E-state index contributed by atoms with van der Waals surface area (Å²) in [5.74, 6) is 1.36. The second kappa shape index (κ2) is 6.02. The van der Waals surface area contributed by atoms with Crippen LogP contribution in [0.3, 0.4) is 0 Å². The molecule has 4 heteroatoms. The van der Waals surface area contributed by atoms with Gasteiger partial charge in [0.25, 0.3) is 0 Å². The van der Waals surface area contributed by atoms with Gasteiger partial charge in [-0.15, -0.1) is 0 Å². The molecule has 0 atom stereocenters. The third-order valence-electron chi connectivity index (χ3n) is 3.09. The van der Waals surface area contributed by atoms with Gasteiger partial charge in [0, 0.05) is 11.6 Å². The molecule has 0 saturated carbocycles. The van der Waals surface area contributed by atoms with Gasteiger partial charge in [0.05, 0.1) is 18.0 Å². The molecule has 3 aromatic rings. The van der Waals surface area contributed by atoms with E-state index in [0.29, 0.717) is 18.9 Å². The largest absolute Gasteiger partial charge is 0.486 e. The molecule has 0 fully saturated rings. The zero-order valence-corrected chi connectivity index (χ0v) is 11.4. The van der Waals surface area contributed by atoms with E-state index in [4.69, 9.17) is 10.00 Å². The molecular formula is C17H13N3O. The number of aromatic nitrogens is 2. The number of nitrogens with zero attached hydrogens (tertiary/aromatic N) is 3. The number of ether oxygens (including phenoxy) is 1. The highest BCUT2D eigenvalue weighted by Crippen LogP contribution is 2.15. The van der Waals surface area contributed by atoms with Crippen LogP contribution in [0.15, 0.2) is 54.7 Å². The maximum absolute atomic E-state index is 8.71. The molecule has 0 N–H and O–H groups in total. The number of nitriles is 1. The van der Waals surface area contributed by atoms with Crippen molar-refractivity contribution >= 4 is 10.9 Å². The van der Waals surface area contributed by atoms with Gasteiger partial charge in [-0.1, -0.05) is 30.3 Å². The minimum absolute atomic E-state index is 0.306. The second-order valence-electron chi connectivity index (χ2n) is 4.62. The molecule has 0 saturated heterocycles. The number of rotatable bonds is 4. The van der Waals surface area contributed by atoms with E-state index < -0.39 is 0 Å². The average molecular weight is 275 g/mol. The Balaban J connectivity index is 1.74. The molecule has 0 bridgehead atoms. The van der Waals surface area contributed by atoms with E-state index >= 15 is 0 Å². The Hall–Kier alpha value is -2.93. The zero-order chi connectivity index (χ0) is 14.5. The molecule has 102 valence electrons. The van der Waals surface area contributed by atoms with Gasteiger partial charge >= 0.3 is 0 Å². The summed E-state index contributed by atoms with van der Waals surface area (Å²) in [5, 5.41) is 9.72. The summed E-state index contributed by atoms with van der Waals surface area (Å²) in [6.07, 6.45) is 2.18. The summed E-state index contributed by atoms with van der Waals surface area (Å²) in [7, 11) is 0. The highest BCUT2D eigenvalue weighted by Gasteiger charge is 2.02. The number of benzene rings is 2. The standard InChI is InChI=1S/C17H13N3O/c18-9-8-13-4-3-6-15(10-13)21-12-17-19-11-14-5-1-2-7-16(14)20-17/h1-7,10-11H,8,12H2. The topological polar surface area (TPSA) is 58.8 Å². The molecule has 4 nitrogen and oxygen atoms in total. The van der Waals surface area contributed by atoms with Crippen molar-refractivity contribution in [1.29, 1.82) is 5.26 Å². The molecule has 0 aliphatic carbocycles. The highest BCUT2D eigenvalue weighted by atomic mass is 16.5. The van der Waals surface area contributed by atoms with Crippen LogP contribution in [0.2, 0.25) is 0 Å². The first-order chi connectivity index (χ1) is 10.3. The van der Waals surface area contributed by atoms with Crippen LogP contribution < -0.4 is 4.74 Å². The lowest BCUT2D eigenvalue weighted by atomic mass is 10.1. The molecule has 1 heterocycles. The SMILES string of the molecule is N#CCc1cccc(OCc2ncc3ccccc3n2)c1. The first-order valence-electron chi connectivity index (χ1n) is 6.64.